The summed E-state index contributed by atoms with van der Waals surface area (Å²) in [5.41, 5.74) is -1.81. The number of pyridine rings is 1. The fourth-order valence-electron chi connectivity index (χ4n) is 3.87. The molecule has 1 atom stereocenters. The predicted molar refractivity (Wildman–Crippen MR) is 118 cm³/mol. The fraction of sp³-hybridized carbons (Fsp3) is 0.200. The third kappa shape index (κ3) is 4.86. The second kappa shape index (κ2) is 9.56. The van der Waals surface area contributed by atoms with Crippen LogP contribution in [0.1, 0.15) is 40.5 Å². The Bertz CT molecular complexity index is 1360. The topological polar surface area (TPSA) is 62.7 Å². The highest BCUT2D eigenvalue weighted by atomic mass is 19.4. The van der Waals surface area contributed by atoms with E-state index in [0.717, 1.165) is 24.3 Å². The maximum atomic E-state index is 14.1. The monoisotopic (exact) mass is 508 g/mol. The minimum atomic E-state index is -4.70. The minimum absolute atomic E-state index is 0.0612. The van der Waals surface area contributed by atoms with Gasteiger partial charge in [0.15, 0.2) is 17.3 Å². The molecule has 3 aromatic rings. The van der Waals surface area contributed by atoms with Crippen LogP contribution in [-0.2, 0) is 12.8 Å². The van der Waals surface area contributed by atoms with E-state index < -0.39 is 47.3 Å². The Morgan fingerprint density at radius 1 is 1.11 bits per heavy atom. The van der Waals surface area contributed by atoms with Crippen LogP contribution in [0.4, 0.5) is 32.2 Å². The van der Waals surface area contributed by atoms with Gasteiger partial charge >= 0.3 is 12.1 Å². The van der Waals surface area contributed by atoms with Crippen LogP contribution < -0.4 is 9.64 Å². The van der Waals surface area contributed by atoms with Crippen LogP contribution in [0.15, 0.2) is 54.6 Å². The highest BCUT2D eigenvalue weighted by Crippen LogP contribution is 2.41. The van der Waals surface area contributed by atoms with E-state index in [-0.39, 0.29) is 34.6 Å². The predicted octanol–water partition coefficient (Wildman–Crippen LogP) is 6.43. The van der Waals surface area contributed by atoms with Crippen LogP contribution in [0, 0.1) is 17.5 Å². The molecule has 0 saturated carbocycles. The van der Waals surface area contributed by atoms with Gasteiger partial charge in [0.25, 0.3) is 0 Å². The molecule has 4 rings (SSSR count). The second-order valence-electron chi connectivity index (χ2n) is 8.05. The van der Waals surface area contributed by atoms with Crippen molar-refractivity contribution < 1.29 is 41.0 Å². The van der Waals surface area contributed by atoms with Gasteiger partial charge in [-0.2, -0.15) is 13.2 Å². The molecule has 2 heterocycles. The summed E-state index contributed by atoms with van der Waals surface area (Å²) in [4.78, 5) is 17.0. The number of carboxylic acids is 1. The summed E-state index contributed by atoms with van der Waals surface area (Å²) in [6.45, 7) is 0.980. The standard InChI is InChI=1S/C25H18F6N2O3/c1-13-5-9-20(33(13)22-4-2-3-19(32-22)24(34)35)15-11-14(25(29,30)31)6-10-21(15)36-12-16-17(26)7-8-18(27)23(16)28/h2-4,6-11,13H,5,12H2,1H3,(H,34,35). The lowest BCUT2D eigenvalue weighted by Gasteiger charge is -2.28. The zero-order valence-corrected chi connectivity index (χ0v) is 18.6. The van der Waals surface area contributed by atoms with Gasteiger partial charge in [0.1, 0.15) is 24.0 Å². The van der Waals surface area contributed by atoms with E-state index in [9.17, 15) is 36.2 Å². The third-order valence-electron chi connectivity index (χ3n) is 5.65. The van der Waals surface area contributed by atoms with Gasteiger partial charge < -0.3 is 14.7 Å². The summed E-state index contributed by atoms with van der Waals surface area (Å²) in [6.07, 6.45) is -2.69. The zero-order valence-electron chi connectivity index (χ0n) is 18.6. The molecule has 0 bridgehead atoms. The molecular weight excluding hydrogens is 490 g/mol. The number of hydrogen-bond acceptors (Lipinski definition) is 4. The van der Waals surface area contributed by atoms with Crippen molar-refractivity contribution in [1.29, 1.82) is 0 Å². The molecule has 1 aromatic heterocycles. The Hall–Kier alpha value is -4.02. The van der Waals surface area contributed by atoms with E-state index in [4.69, 9.17) is 4.74 Å². The Balaban J connectivity index is 1.78. The molecule has 0 aliphatic carbocycles. The molecule has 0 saturated heterocycles. The molecule has 36 heavy (non-hydrogen) atoms. The number of rotatable bonds is 6. The van der Waals surface area contributed by atoms with Crippen LogP contribution in [-0.4, -0.2) is 22.1 Å². The number of ether oxygens (including phenoxy) is 1. The Morgan fingerprint density at radius 3 is 2.53 bits per heavy atom. The summed E-state index contributed by atoms with van der Waals surface area (Å²) in [5.74, 6) is -5.09. The first-order valence-corrected chi connectivity index (χ1v) is 10.6. The van der Waals surface area contributed by atoms with Crippen molar-refractivity contribution in [2.24, 2.45) is 0 Å². The Kier molecular flexibility index (Phi) is 6.66. The van der Waals surface area contributed by atoms with E-state index in [1.54, 1.807) is 17.9 Å². The molecule has 1 aliphatic rings. The van der Waals surface area contributed by atoms with Gasteiger partial charge in [-0.1, -0.05) is 12.1 Å². The first-order chi connectivity index (χ1) is 17.0. The number of nitrogens with zero attached hydrogens (tertiary/aromatic N) is 2. The van der Waals surface area contributed by atoms with E-state index >= 15 is 0 Å². The Morgan fingerprint density at radius 2 is 1.83 bits per heavy atom. The van der Waals surface area contributed by atoms with Gasteiger partial charge in [0.2, 0.25) is 0 Å². The fourth-order valence-corrected chi connectivity index (χ4v) is 3.87. The highest BCUT2D eigenvalue weighted by molar-refractivity contribution is 5.88. The van der Waals surface area contributed by atoms with Crippen LogP contribution >= 0.6 is 0 Å². The molecule has 11 heteroatoms. The summed E-state index contributed by atoms with van der Waals surface area (Å²) < 4.78 is 87.9. The second-order valence-corrected chi connectivity index (χ2v) is 8.05. The van der Waals surface area contributed by atoms with Crippen molar-refractivity contribution in [3.63, 3.8) is 0 Å². The molecule has 1 N–H and O–H groups in total. The Labute approximate surface area is 201 Å². The summed E-state index contributed by atoms with van der Waals surface area (Å²) in [6, 6.07) is 7.84. The van der Waals surface area contributed by atoms with Gasteiger partial charge in [0, 0.05) is 17.3 Å². The molecule has 2 aromatic carbocycles. The number of carbonyl (C=O) groups is 1. The largest absolute Gasteiger partial charge is 0.488 e. The maximum Gasteiger partial charge on any atom is 0.416 e. The SMILES string of the molecule is CC1CC=C(c2cc(C(F)(F)F)ccc2OCc2c(F)ccc(F)c2F)N1c1cccc(C(=O)O)n1. The normalized spacial score (nSPS) is 15.7. The maximum absolute atomic E-state index is 14.1. The summed E-state index contributed by atoms with van der Waals surface area (Å²) in [7, 11) is 0. The lowest BCUT2D eigenvalue weighted by Crippen LogP contribution is -2.28. The van der Waals surface area contributed by atoms with Crippen LogP contribution in [0.3, 0.4) is 0 Å². The molecule has 5 nitrogen and oxygen atoms in total. The lowest BCUT2D eigenvalue weighted by atomic mass is 10.1. The van der Waals surface area contributed by atoms with E-state index in [1.165, 1.54) is 18.2 Å². The number of benzene rings is 2. The zero-order chi connectivity index (χ0) is 26.2. The smallest absolute Gasteiger partial charge is 0.416 e. The molecule has 1 aliphatic heterocycles. The van der Waals surface area contributed by atoms with Gasteiger partial charge in [-0.25, -0.2) is 22.9 Å². The molecular formula is C25H18F6N2O3. The number of hydrogen-bond donors (Lipinski definition) is 1. The van der Waals surface area contributed by atoms with Gasteiger partial charge in [-0.15, -0.1) is 0 Å². The van der Waals surface area contributed by atoms with Crippen LogP contribution in [0.2, 0.25) is 0 Å². The molecule has 0 amide bonds. The first kappa shape index (κ1) is 25.1. The minimum Gasteiger partial charge on any atom is -0.488 e. The lowest BCUT2D eigenvalue weighted by molar-refractivity contribution is -0.137. The summed E-state index contributed by atoms with van der Waals surface area (Å²) in [5, 5.41) is 9.28. The number of carboxylic acid groups (broad SMARTS) is 1. The van der Waals surface area contributed by atoms with Crippen molar-refractivity contribution in [1.82, 2.24) is 4.98 Å². The first-order valence-electron chi connectivity index (χ1n) is 10.6. The van der Waals surface area contributed by atoms with Crippen molar-refractivity contribution in [3.05, 3.63) is 94.4 Å². The van der Waals surface area contributed by atoms with Crippen molar-refractivity contribution in [2.75, 3.05) is 4.90 Å². The highest BCUT2D eigenvalue weighted by Gasteiger charge is 2.34. The van der Waals surface area contributed by atoms with Crippen molar-refractivity contribution >= 4 is 17.5 Å². The third-order valence-corrected chi connectivity index (χ3v) is 5.65. The molecule has 0 radical (unpaired) electrons. The number of aromatic carboxylic acids is 1. The van der Waals surface area contributed by atoms with E-state index in [0.29, 0.717) is 12.5 Å². The average molecular weight is 508 g/mol. The van der Waals surface area contributed by atoms with Gasteiger partial charge in [-0.05, 0) is 55.8 Å². The van der Waals surface area contributed by atoms with Gasteiger partial charge in [0.05, 0.1) is 11.1 Å². The van der Waals surface area contributed by atoms with Gasteiger partial charge in [-0.3, -0.25) is 0 Å². The summed E-state index contributed by atoms with van der Waals surface area (Å²) >= 11 is 0. The van der Waals surface area contributed by atoms with Crippen LogP contribution in [0.25, 0.3) is 5.70 Å². The van der Waals surface area contributed by atoms with Crippen molar-refractivity contribution in [3.8, 4) is 5.75 Å². The quantitative estimate of drug-likeness (QED) is 0.307. The molecule has 0 spiro atoms. The number of halogens is 6. The molecule has 1 unspecified atom stereocenters. The number of alkyl halides is 3. The van der Waals surface area contributed by atoms with E-state index in [1.807, 2.05) is 0 Å². The van der Waals surface area contributed by atoms with Crippen molar-refractivity contribution in [2.45, 2.75) is 32.2 Å². The molecule has 188 valence electrons. The number of aromatic nitrogens is 1. The number of anilines is 1. The molecule has 0 fully saturated rings. The van der Waals surface area contributed by atoms with E-state index in [2.05, 4.69) is 4.98 Å². The average Bonchev–Trinajstić information content (AvgIpc) is 3.22. The van der Waals surface area contributed by atoms with Crippen LogP contribution in [0.5, 0.6) is 5.75 Å².